The fourth-order valence-electron chi connectivity index (χ4n) is 3.46. The number of nitrogens with two attached hydrogens (primary N) is 1. The highest BCUT2D eigenvalue weighted by molar-refractivity contribution is 6.09. The Bertz CT molecular complexity index is 750. The predicted octanol–water partition coefficient (Wildman–Crippen LogP) is 1.43. The van der Waals surface area contributed by atoms with Gasteiger partial charge in [-0.3, -0.25) is 14.5 Å². The lowest BCUT2D eigenvalue weighted by Gasteiger charge is -2.30. The molecule has 2 fully saturated rings. The van der Waals surface area contributed by atoms with Crippen molar-refractivity contribution < 1.29 is 14.4 Å². The molecule has 0 aromatic heterocycles. The minimum atomic E-state index is -1.17. The molecule has 1 aliphatic carbocycles. The number of imide groups is 1. The molecule has 8 heteroatoms. The number of nitrogens with one attached hydrogen (secondary N) is 2. The fraction of sp³-hybridized carbons (Fsp3) is 0.526. The van der Waals surface area contributed by atoms with E-state index in [1.165, 1.54) is 0 Å². The van der Waals surface area contributed by atoms with Gasteiger partial charge < -0.3 is 16.4 Å². The van der Waals surface area contributed by atoms with E-state index >= 15 is 0 Å². The normalized spacial score (nSPS) is 24.1. The second-order valence-corrected chi connectivity index (χ2v) is 7.76. The molecule has 3 rings (SSSR count). The van der Waals surface area contributed by atoms with Crippen LogP contribution in [0.5, 0.6) is 0 Å². The van der Waals surface area contributed by atoms with Gasteiger partial charge in [0, 0.05) is 6.54 Å². The van der Waals surface area contributed by atoms with E-state index in [-0.39, 0.29) is 24.9 Å². The van der Waals surface area contributed by atoms with Gasteiger partial charge in [-0.15, -0.1) is 12.4 Å². The number of benzene rings is 1. The van der Waals surface area contributed by atoms with Crippen LogP contribution in [0, 0.1) is 12.8 Å². The number of hydrogen-bond donors (Lipinski definition) is 3. The van der Waals surface area contributed by atoms with E-state index in [0.717, 1.165) is 23.3 Å². The van der Waals surface area contributed by atoms with Crippen molar-refractivity contribution in [2.75, 3.05) is 13.1 Å². The molecule has 0 radical (unpaired) electrons. The van der Waals surface area contributed by atoms with Crippen LogP contribution in [0.4, 0.5) is 4.79 Å². The molecule has 148 valence electrons. The summed E-state index contributed by atoms with van der Waals surface area (Å²) in [6.45, 7) is 5.53. The van der Waals surface area contributed by atoms with Crippen LogP contribution in [0.25, 0.3) is 0 Å². The molecule has 1 aromatic carbocycles. The van der Waals surface area contributed by atoms with Gasteiger partial charge >= 0.3 is 6.03 Å². The average Bonchev–Trinajstić information content (AvgIpc) is 3.42. The Morgan fingerprint density at radius 2 is 1.93 bits per heavy atom. The Kier molecular flexibility index (Phi) is 5.87. The first-order valence-corrected chi connectivity index (χ1v) is 8.92. The van der Waals surface area contributed by atoms with Gasteiger partial charge in [0.1, 0.15) is 12.1 Å². The molecule has 1 aromatic rings. The number of carbonyl (C=O) groups excluding carboxylic acids is 3. The van der Waals surface area contributed by atoms with Crippen LogP contribution in [-0.2, 0) is 15.1 Å². The van der Waals surface area contributed by atoms with Gasteiger partial charge in [-0.05, 0) is 45.1 Å². The summed E-state index contributed by atoms with van der Waals surface area (Å²) < 4.78 is 0. The summed E-state index contributed by atoms with van der Waals surface area (Å²) in [7, 11) is 0. The summed E-state index contributed by atoms with van der Waals surface area (Å²) in [6.07, 6.45) is 2.06. The van der Waals surface area contributed by atoms with Gasteiger partial charge in [-0.2, -0.15) is 0 Å². The molecule has 4 N–H and O–H groups in total. The third-order valence-corrected chi connectivity index (χ3v) is 5.53. The summed E-state index contributed by atoms with van der Waals surface area (Å²) in [5, 5.41) is 5.63. The van der Waals surface area contributed by atoms with Gasteiger partial charge in [0.25, 0.3) is 5.91 Å². The molecule has 0 bridgehead atoms. The summed E-state index contributed by atoms with van der Waals surface area (Å²) >= 11 is 0. The number of nitrogens with zero attached hydrogens (tertiary/aromatic N) is 1. The standard InChI is InChI=1S/C19H26N4O3.ClH/c1-12-4-6-14(7-5-12)19(3)16(25)23(17(26)22-19)10-15(24)21-18(2,11-20)13-8-9-13;/h4-7,13H,8-11,20H2,1-3H3,(H,21,24)(H,22,26);1H. The lowest BCUT2D eigenvalue weighted by Crippen LogP contribution is -2.55. The quantitative estimate of drug-likeness (QED) is 0.634. The minimum Gasteiger partial charge on any atom is -0.348 e. The van der Waals surface area contributed by atoms with E-state index in [4.69, 9.17) is 5.73 Å². The number of halogens is 1. The number of hydrogen-bond acceptors (Lipinski definition) is 4. The zero-order chi connectivity index (χ0) is 19.1. The maximum absolute atomic E-state index is 12.9. The fourth-order valence-corrected chi connectivity index (χ4v) is 3.46. The Morgan fingerprint density at radius 1 is 1.33 bits per heavy atom. The lowest BCUT2D eigenvalue weighted by molar-refractivity contribution is -0.135. The molecule has 1 heterocycles. The van der Waals surface area contributed by atoms with Crippen molar-refractivity contribution in [3.63, 3.8) is 0 Å². The highest BCUT2D eigenvalue weighted by atomic mass is 35.5. The van der Waals surface area contributed by atoms with Gasteiger partial charge in [-0.25, -0.2) is 4.79 Å². The average molecular weight is 395 g/mol. The van der Waals surface area contributed by atoms with Gasteiger partial charge in [-0.1, -0.05) is 29.8 Å². The van der Waals surface area contributed by atoms with Crippen molar-refractivity contribution in [1.29, 1.82) is 0 Å². The third-order valence-electron chi connectivity index (χ3n) is 5.53. The monoisotopic (exact) mass is 394 g/mol. The third kappa shape index (κ3) is 3.94. The predicted molar refractivity (Wildman–Crippen MR) is 104 cm³/mol. The molecule has 1 saturated carbocycles. The van der Waals surface area contributed by atoms with Crippen molar-refractivity contribution in [1.82, 2.24) is 15.5 Å². The second-order valence-electron chi connectivity index (χ2n) is 7.76. The van der Waals surface area contributed by atoms with Crippen LogP contribution in [0.3, 0.4) is 0 Å². The lowest BCUT2D eigenvalue weighted by atomic mass is 9.91. The van der Waals surface area contributed by atoms with E-state index in [0.29, 0.717) is 18.0 Å². The highest BCUT2D eigenvalue weighted by Crippen LogP contribution is 2.39. The molecule has 2 atom stereocenters. The zero-order valence-corrected chi connectivity index (χ0v) is 16.7. The number of rotatable bonds is 6. The first-order valence-electron chi connectivity index (χ1n) is 8.92. The summed E-state index contributed by atoms with van der Waals surface area (Å²) in [5.41, 5.74) is 5.91. The first kappa shape index (κ1) is 21.2. The summed E-state index contributed by atoms with van der Waals surface area (Å²) in [5.74, 6) is -0.443. The van der Waals surface area contributed by atoms with E-state index in [9.17, 15) is 14.4 Å². The van der Waals surface area contributed by atoms with E-state index in [1.54, 1.807) is 6.92 Å². The molecule has 4 amide bonds. The van der Waals surface area contributed by atoms with Gasteiger partial charge in [0.05, 0.1) is 5.54 Å². The van der Waals surface area contributed by atoms with Gasteiger partial charge in [0.15, 0.2) is 0 Å². The molecule has 27 heavy (non-hydrogen) atoms. The van der Waals surface area contributed by atoms with E-state index in [1.807, 2.05) is 38.1 Å². The van der Waals surface area contributed by atoms with Crippen LogP contribution in [0.15, 0.2) is 24.3 Å². The van der Waals surface area contributed by atoms with Crippen molar-refractivity contribution in [2.45, 2.75) is 44.7 Å². The molecule has 2 aliphatic rings. The smallest absolute Gasteiger partial charge is 0.325 e. The summed E-state index contributed by atoms with van der Waals surface area (Å²) in [4.78, 5) is 38.6. The molecule has 0 spiro atoms. The maximum atomic E-state index is 12.9. The topological polar surface area (TPSA) is 105 Å². The highest BCUT2D eigenvalue weighted by Gasteiger charge is 2.50. The van der Waals surface area contributed by atoms with Crippen molar-refractivity contribution in [2.24, 2.45) is 11.7 Å². The first-order chi connectivity index (χ1) is 12.2. The molecular weight excluding hydrogens is 368 g/mol. The Labute approximate surface area is 165 Å². The molecule has 1 saturated heterocycles. The second kappa shape index (κ2) is 7.48. The molecular formula is C19H27ClN4O3. The Morgan fingerprint density at radius 3 is 2.44 bits per heavy atom. The Balaban J connectivity index is 0.00000261. The number of carbonyl (C=O) groups is 3. The zero-order valence-electron chi connectivity index (χ0n) is 15.9. The maximum Gasteiger partial charge on any atom is 0.325 e. The van der Waals surface area contributed by atoms with Gasteiger partial charge in [0.2, 0.25) is 5.91 Å². The Hall–Kier alpha value is -2.12. The van der Waals surface area contributed by atoms with E-state index in [2.05, 4.69) is 10.6 Å². The molecule has 1 aliphatic heterocycles. The number of amides is 4. The molecule has 2 unspecified atom stereocenters. The van der Waals surface area contributed by atoms with Crippen LogP contribution in [0.2, 0.25) is 0 Å². The largest absolute Gasteiger partial charge is 0.348 e. The van der Waals surface area contributed by atoms with E-state index < -0.39 is 23.0 Å². The number of urea groups is 1. The summed E-state index contributed by atoms with van der Waals surface area (Å²) in [6, 6.07) is 6.84. The minimum absolute atomic E-state index is 0. The van der Waals surface area contributed by atoms with Crippen molar-refractivity contribution >= 4 is 30.3 Å². The molecule has 7 nitrogen and oxygen atoms in total. The number of aryl methyl sites for hydroxylation is 1. The van der Waals surface area contributed by atoms with Crippen LogP contribution in [0.1, 0.15) is 37.8 Å². The van der Waals surface area contributed by atoms with Crippen molar-refractivity contribution in [3.05, 3.63) is 35.4 Å². The van der Waals surface area contributed by atoms with Crippen LogP contribution in [-0.4, -0.2) is 41.4 Å². The van der Waals surface area contributed by atoms with Crippen LogP contribution >= 0.6 is 12.4 Å². The van der Waals surface area contributed by atoms with Crippen LogP contribution < -0.4 is 16.4 Å². The SMILES string of the molecule is Cc1ccc(C2(C)NC(=O)N(CC(=O)NC(C)(CN)C3CC3)C2=O)cc1.Cl. The van der Waals surface area contributed by atoms with Crippen molar-refractivity contribution in [3.8, 4) is 0 Å².